The zero-order valence-corrected chi connectivity index (χ0v) is 18.8. The van der Waals surface area contributed by atoms with Gasteiger partial charge in [-0.15, -0.1) is 0 Å². The predicted octanol–water partition coefficient (Wildman–Crippen LogP) is 4.71. The number of carbonyl (C=O) groups is 1. The molecule has 0 aliphatic heterocycles. The number of carbonyl (C=O) groups excluding carboxylic acids is 1. The zero-order valence-electron chi connectivity index (χ0n) is 17.9. The van der Waals surface area contributed by atoms with Crippen molar-refractivity contribution in [2.75, 3.05) is 19.8 Å². The van der Waals surface area contributed by atoms with E-state index in [0.717, 1.165) is 32.1 Å². The fourth-order valence-corrected chi connectivity index (χ4v) is 3.68. The summed E-state index contributed by atoms with van der Waals surface area (Å²) in [7, 11) is -4.19. The molecule has 7 nitrogen and oxygen atoms in total. The van der Waals surface area contributed by atoms with Crippen LogP contribution >= 0.6 is 7.82 Å². The van der Waals surface area contributed by atoms with Crippen LogP contribution in [0.25, 0.3) is 0 Å². The van der Waals surface area contributed by atoms with Crippen LogP contribution in [-0.2, 0) is 18.4 Å². The summed E-state index contributed by atoms with van der Waals surface area (Å²) in [6.45, 7) is 3.56. The standard InChI is InChI=1S/C20H42NO6P/c1-3-5-7-8-9-10-11-12-13-15-20(23)21-19(14-6-4-2)18-27-28(24,25)26-17-16-22/h19,22H,3-18H2,1-2H3,(H,21,23)(H,24,25)/t19-/m1/s1. The zero-order chi connectivity index (χ0) is 21.1. The Morgan fingerprint density at radius 2 is 1.50 bits per heavy atom. The van der Waals surface area contributed by atoms with Crippen LogP contribution in [0.2, 0.25) is 0 Å². The number of hydrogen-bond acceptors (Lipinski definition) is 5. The third-order valence-electron chi connectivity index (χ3n) is 4.56. The van der Waals surface area contributed by atoms with Crippen molar-refractivity contribution in [2.24, 2.45) is 0 Å². The van der Waals surface area contributed by atoms with E-state index < -0.39 is 7.82 Å². The fraction of sp³-hybridized carbons (Fsp3) is 0.950. The number of hydrogen-bond donors (Lipinski definition) is 3. The molecule has 1 amide bonds. The lowest BCUT2D eigenvalue weighted by Crippen LogP contribution is -2.38. The van der Waals surface area contributed by atoms with Gasteiger partial charge in [0, 0.05) is 6.42 Å². The van der Waals surface area contributed by atoms with Gasteiger partial charge in [-0.1, -0.05) is 78.1 Å². The van der Waals surface area contributed by atoms with E-state index >= 15 is 0 Å². The van der Waals surface area contributed by atoms with E-state index in [0.29, 0.717) is 12.8 Å². The Labute approximate surface area is 171 Å². The number of rotatable bonds is 20. The minimum Gasteiger partial charge on any atom is -0.394 e. The van der Waals surface area contributed by atoms with E-state index in [1.807, 2.05) is 6.92 Å². The third kappa shape index (κ3) is 17.6. The lowest BCUT2D eigenvalue weighted by atomic mass is 10.1. The van der Waals surface area contributed by atoms with Gasteiger partial charge in [0.15, 0.2) is 0 Å². The molecule has 0 aromatic rings. The van der Waals surface area contributed by atoms with Crippen LogP contribution in [-0.4, -0.2) is 41.8 Å². The Morgan fingerprint density at radius 1 is 0.929 bits per heavy atom. The van der Waals surface area contributed by atoms with Crippen molar-refractivity contribution in [3.8, 4) is 0 Å². The van der Waals surface area contributed by atoms with Crippen molar-refractivity contribution in [1.82, 2.24) is 5.32 Å². The summed E-state index contributed by atoms with van der Waals surface area (Å²) < 4.78 is 21.2. The Bertz CT molecular complexity index is 422. The van der Waals surface area contributed by atoms with Gasteiger partial charge in [-0.05, 0) is 12.8 Å². The van der Waals surface area contributed by atoms with Crippen molar-refractivity contribution in [3.63, 3.8) is 0 Å². The van der Waals surface area contributed by atoms with Gasteiger partial charge < -0.3 is 15.3 Å². The number of phosphoric acid groups is 1. The van der Waals surface area contributed by atoms with Gasteiger partial charge in [0.05, 0.1) is 25.9 Å². The van der Waals surface area contributed by atoms with Crippen molar-refractivity contribution in [1.29, 1.82) is 0 Å². The summed E-state index contributed by atoms with van der Waals surface area (Å²) >= 11 is 0. The number of phosphoric ester groups is 1. The predicted molar refractivity (Wildman–Crippen MR) is 112 cm³/mol. The minimum atomic E-state index is -4.19. The topological polar surface area (TPSA) is 105 Å². The van der Waals surface area contributed by atoms with Crippen LogP contribution in [0.4, 0.5) is 0 Å². The molecule has 1 unspecified atom stereocenters. The molecule has 0 saturated carbocycles. The SMILES string of the molecule is CCCCCCCCCCCC(=O)N[C@H](CCCC)COP(=O)(O)OCCO. The van der Waals surface area contributed by atoms with Crippen LogP contribution in [0.15, 0.2) is 0 Å². The molecular weight excluding hydrogens is 381 g/mol. The second-order valence-corrected chi connectivity index (χ2v) is 8.76. The molecule has 0 aromatic carbocycles. The first-order valence-corrected chi connectivity index (χ1v) is 12.5. The largest absolute Gasteiger partial charge is 0.472 e. The first-order valence-electron chi connectivity index (χ1n) is 11.0. The van der Waals surface area contributed by atoms with Crippen LogP contribution in [0, 0.1) is 0 Å². The second kappa shape index (κ2) is 18.6. The van der Waals surface area contributed by atoms with E-state index in [1.165, 1.54) is 38.5 Å². The van der Waals surface area contributed by atoms with E-state index in [9.17, 15) is 14.3 Å². The molecule has 28 heavy (non-hydrogen) atoms. The maximum Gasteiger partial charge on any atom is 0.472 e. The van der Waals surface area contributed by atoms with E-state index in [2.05, 4.69) is 16.8 Å². The van der Waals surface area contributed by atoms with Crippen molar-refractivity contribution < 1.29 is 28.4 Å². The molecule has 0 radical (unpaired) electrons. The van der Waals surface area contributed by atoms with E-state index in [-0.39, 0.29) is 31.8 Å². The highest BCUT2D eigenvalue weighted by molar-refractivity contribution is 7.47. The third-order valence-corrected chi connectivity index (χ3v) is 5.55. The monoisotopic (exact) mass is 423 g/mol. The molecule has 0 heterocycles. The second-order valence-electron chi connectivity index (χ2n) is 7.31. The van der Waals surface area contributed by atoms with Crippen molar-refractivity contribution >= 4 is 13.7 Å². The van der Waals surface area contributed by atoms with Gasteiger partial charge >= 0.3 is 7.82 Å². The smallest absolute Gasteiger partial charge is 0.394 e. The Balaban J connectivity index is 4.00. The Kier molecular flexibility index (Phi) is 18.3. The summed E-state index contributed by atoms with van der Waals surface area (Å²) in [5.74, 6) is -0.0447. The van der Waals surface area contributed by atoms with Crippen LogP contribution in [0.3, 0.4) is 0 Å². The molecule has 0 saturated heterocycles. The number of unbranched alkanes of at least 4 members (excludes halogenated alkanes) is 9. The van der Waals surface area contributed by atoms with Gasteiger partial charge in [0.1, 0.15) is 0 Å². The minimum absolute atomic E-state index is 0.0447. The summed E-state index contributed by atoms with van der Waals surface area (Å²) in [4.78, 5) is 21.7. The molecule has 3 N–H and O–H groups in total. The maximum atomic E-state index is 12.2. The molecule has 2 atom stereocenters. The molecule has 0 aliphatic carbocycles. The maximum absolute atomic E-state index is 12.2. The van der Waals surface area contributed by atoms with Crippen molar-refractivity contribution in [3.05, 3.63) is 0 Å². The van der Waals surface area contributed by atoms with Gasteiger partial charge in [-0.25, -0.2) is 4.57 Å². The molecule has 0 spiro atoms. The van der Waals surface area contributed by atoms with E-state index in [1.54, 1.807) is 0 Å². The van der Waals surface area contributed by atoms with Crippen LogP contribution in [0.5, 0.6) is 0 Å². The molecule has 168 valence electrons. The van der Waals surface area contributed by atoms with Gasteiger partial charge in [0.2, 0.25) is 5.91 Å². The fourth-order valence-electron chi connectivity index (χ4n) is 2.92. The molecule has 0 bridgehead atoms. The average Bonchev–Trinajstić information content (AvgIpc) is 2.67. The lowest BCUT2D eigenvalue weighted by molar-refractivity contribution is -0.122. The average molecular weight is 424 g/mol. The number of aliphatic hydroxyl groups is 1. The molecule has 8 heteroatoms. The number of amides is 1. The van der Waals surface area contributed by atoms with E-state index in [4.69, 9.17) is 9.63 Å². The Morgan fingerprint density at radius 3 is 2.07 bits per heavy atom. The van der Waals surface area contributed by atoms with Gasteiger partial charge in [-0.3, -0.25) is 13.8 Å². The van der Waals surface area contributed by atoms with Crippen LogP contribution < -0.4 is 5.32 Å². The summed E-state index contributed by atoms with van der Waals surface area (Å²) in [5, 5.41) is 11.6. The molecule has 0 fully saturated rings. The summed E-state index contributed by atoms with van der Waals surface area (Å²) in [5.41, 5.74) is 0. The van der Waals surface area contributed by atoms with Gasteiger partial charge in [-0.2, -0.15) is 0 Å². The summed E-state index contributed by atoms with van der Waals surface area (Å²) in [6.07, 6.45) is 13.8. The highest BCUT2D eigenvalue weighted by Gasteiger charge is 2.23. The number of aliphatic hydroxyl groups excluding tert-OH is 1. The molecule has 0 aromatic heterocycles. The van der Waals surface area contributed by atoms with Crippen LogP contribution in [0.1, 0.15) is 97.3 Å². The van der Waals surface area contributed by atoms with Crippen molar-refractivity contribution in [2.45, 2.75) is 103 Å². The first-order chi connectivity index (χ1) is 13.4. The van der Waals surface area contributed by atoms with Gasteiger partial charge in [0.25, 0.3) is 0 Å². The highest BCUT2D eigenvalue weighted by atomic mass is 31.2. The lowest BCUT2D eigenvalue weighted by Gasteiger charge is -2.20. The summed E-state index contributed by atoms with van der Waals surface area (Å²) in [6, 6.07) is -0.316. The number of nitrogens with one attached hydrogen (secondary N) is 1. The molecular formula is C20H42NO6P. The molecule has 0 rings (SSSR count). The normalized spacial score (nSPS) is 14.6. The first kappa shape index (κ1) is 27.5. The molecule has 0 aliphatic rings. The highest BCUT2D eigenvalue weighted by Crippen LogP contribution is 2.43. The Hall–Kier alpha value is -0.460. The quantitative estimate of drug-likeness (QED) is 0.193.